The van der Waals surface area contributed by atoms with Gasteiger partial charge in [-0.1, -0.05) is 0 Å². The summed E-state index contributed by atoms with van der Waals surface area (Å²) in [4.78, 5) is 8.88. The molecule has 1 aliphatic rings. The van der Waals surface area contributed by atoms with E-state index in [1.807, 2.05) is 13.1 Å². The molecule has 1 aliphatic heterocycles. The third kappa shape index (κ3) is 7.61. The third-order valence-corrected chi connectivity index (χ3v) is 4.53. The van der Waals surface area contributed by atoms with Crippen LogP contribution in [0, 0.1) is 0 Å². The topological polar surface area (TPSA) is 61.4 Å². The van der Waals surface area contributed by atoms with Crippen molar-refractivity contribution in [2.75, 3.05) is 66.4 Å². The Hall–Kier alpha value is -1.42. The monoisotopic (exact) mass is 491 g/mol. The van der Waals surface area contributed by atoms with Crippen molar-refractivity contribution in [3.8, 4) is 11.5 Å². The minimum atomic E-state index is 0. The molecule has 0 amide bonds. The fraction of sp³-hybridized carbons (Fsp3) is 0.632. The number of guanidine groups is 1. The highest BCUT2D eigenvalue weighted by Crippen LogP contribution is 2.30. The Morgan fingerprint density at radius 1 is 1.22 bits per heavy atom. The molecule has 2 N–H and O–H groups in total. The zero-order chi connectivity index (χ0) is 18.9. The maximum atomic E-state index is 5.38. The number of aliphatic imine (C=N–C) groups is 1. The predicted octanol–water partition coefficient (Wildman–Crippen LogP) is 2.02. The molecule has 1 fully saturated rings. The Bertz CT molecular complexity index is 575. The molecule has 8 heteroatoms. The van der Waals surface area contributed by atoms with E-state index in [2.05, 4.69) is 51.7 Å². The van der Waals surface area contributed by atoms with Gasteiger partial charge in [-0.2, -0.15) is 0 Å². The minimum absolute atomic E-state index is 0. The molecule has 7 nitrogen and oxygen atoms in total. The lowest BCUT2D eigenvalue weighted by atomic mass is 10.2. The van der Waals surface area contributed by atoms with Crippen molar-refractivity contribution in [2.45, 2.75) is 18.9 Å². The molecule has 0 aromatic heterocycles. The average Bonchev–Trinajstić information content (AvgIpc) is 3.12. The van der Waals surface area contributed by atoms with Crippen molar-refractivity contribution in [3.63, 3.8) is 0 Å². The standard InChI is InChI=1S/C19H33N5O2.HI/c1-20-19(21-8-6-9-23(2)3)22-15-7-10-24(14-15)16-11-17(25-4)13-18(12-16)26-5;/h11-13,15H,6-10,14H2,1-5H3,(H2,20,21,22);1H. The molecule has 1 saturated heterocycles. The van der Waals surface area contributed by atoms with Crippen LogP contribution in [0.4, 0.5) is 5.69 Å². The second kappa shape index (κ2) is 12.1. The van der Waals surface area contributed by atoms with Crippen molar-refractivity contribution < 1.29 is 9.47 Å². The van der Waals surface area contributed by atoms with Crippen LogP contribution < -0.4 is 25.0 Å². The largest absolute Gasteiger partial charge is 0.497 e. The molecule has 154 valence electrons. The van der Waals surface area contributed by atoms with E-state index in [-0.39, 0.29) is 24.0 Å². The maximum Gasteiger partial charge on any atom is 0.191 e. The molecule has 27 heavy (non-hydrogen) atoms. The summed E-state index contributed by atoms with van der Waals surface area (Å²) < 4.78 is 10.8. The molecular weight excluding hydrogens is 457 g/mol. The molecule has 0 radical (unpaired) electrons. The second-order valence-electron chi connectivity index (χ2n) is 6.80. The average molecular weight is 491 g/mol. The second-order valence-corrected chi connectivity index (χ2v) is 6.80. The van der Waals surface area contributed by atoms with Crippen LogP contribution in [0.25, 0.3) is 0 Å². The van der Waals surface area contributed by atoms with Gasteiger partial charge in [0.2, 0.25) is 0 Å². The third-order valence-electron chi connectivity index (χ3n) is 4.53. The molecule has 1 unspecified atom stereocenters. The smallest absolute Gasteiger partial charge is 0.191 e. The van der Waals surface area contributed by atoms with Crippen LogP contribution in [-0.2, 0) is 0 Å². The van der Waals surface area contributed by atoms with Gasteiger partial charge in [-0.3, -0.25) is 4.99 Å². The van der Waals surface area contributed by atoms with Crippen molar-refractivity contribution >= 4 is 35.6 Å². The first-order valence-corrected chi connectivity index (χ1v) is 9.15. The number of methoxy groups -OCH3 is 2. The van der Waals surface area contributed by atoms with E-state index in [1.54, 1.807) is 14.2 Å². The van der Waals surface area contributed by atoms with Crippen LogP contribution in [0.3, 0.4) is 0 Å². The number of anilines is 1. The van der Waals surface area contributed by atoms with Gasteiger partial charge in [0, 0.05) is 56.6 Å². The van der Waals surface area contributed by atoms with E-state index in [4.69, 9.17) is 9.47 Å². The highest BCUT2D eigenvalue weighted by atomic mass is 127. The van der Waals surface area contributed by atoms with Gasteiger partial charge in [0.25, 0.3) is 0 Å². The number of hydrogen-bond donors (Lipinski definition) is 2. The minimum Gasteiger partial charge on any atom is -0.497 e. The number of ether oxygens (including phenoxy) is 2. The van der Waals surface area contributed by atoms with Crippen molar-refractivity contribution in [3.05, 3.63) is 18.2 Å². The Kier molecular flexibility index (Phi) is 10.6. The quantitative estimate of drug-likeness (QED) is 0.251. The van der Waals surface area contributed by atoms with Gasteiger partial charge in [-0.05, 0) is 33.5 Å². The highest BCUT2D eigenvalue weighted by molar-refractivity contribution is 14.0. The fourth-order valence-electron chi connectivity index (χ4n) is 3.08. The molecule has 1 heterocycles. The summed E-state index contributed by atoms with van der Waals surface area (Å²) in [5.74, 6) is 2.50. The van der Waals surface area contributed by atoms with E-state index in [0.29, 0.717) is 6.04 Å². The number of nitrogens with one attached hydrogen (secondary N) is 2. The van der Waals surface area contributed by atoms with Crippen LogP contribution >= 0.6 is 24.0 Å². The van der Waals surface area contributed by atoms with Gasteiger partial charge in [-0.15, -0.1) is 24.0 Å². The van der Waals surface area contributed by atoms with Crippen LogP contribution in [0.5, 0.6) is 11.5 Å². The SMILES string of the molecule is CN=C(NCCCN(C)C)NC1CCN(c2cc(OC)cc(OC)c2)C1.I. The van der Waals surface area contributed by atoms with E-state index < -0.39 is 0 Å². The summed E-state index contributed by atoms with van der Waals surface area (Å²) in [7, 11) is 9.36. The summed E-state index contributed by atoms with van der Waals surface area (Å²) in [6.07, 6.45) is 2.16. The normalized spacial score (nSPS) is 16.9. The Balaban J connectivity index is 0.00000364. The Morgan fingerprint density at radius 2 is 1.89 bits per heavy atom. The van der Waals surface area contributed by atoms with E-state index >= 15 is 0 Å². The summed E-state index contributed by atoms with van der Waals surface area (Å²) >= 11 is 0. The van der Waals surface area contributed by atoms with Crippen LogP contribution in [-0.4, -0.2) is 78.4 Å². The van der Waals surface area contributed by atoms with Gasteiger partial charge < -0.3 is 29.9 Å². The van der Waals surface area contributed by atoms with Crippen LogP contribution in [0.15, 0.2) is 23.2 Å². The molecule has 0 aliphatic carbocycles. The van der Waals surface area contributed by atoms with Crippen LogP contribution in [0.1, 0.15) is 12.8 Å². The Labute approximate surface area is 180 Å². The van der Waals surface area contributed by atoms with Crippen molar-refractivity contribution in [1.29, 1.82) is 0 Å². The summed E-state index contributed by atoms with van der Waals surface area (Å²) in [6, 6.07) is 6.38. The first-order chi connectivity index (χ1) is 12.5. The molecule has 0 spiro atoms. The zero-order valence-electron chi connectivity index (χ0n) is 17.1. The summed E-state index contributed by atoms with van der Waals surface area (Å²) in [5, 5.41) is 6.93. The molecule has 1 aromatic rings. The lowest BCUT2D eigenvalue weighted by Gasteiger charge is -2.21. The number of benzene rings is 1. The van der Waals surface area contributed by atoms with Gasteiger partial charge in [0.05, 0.1) is 14.2 Å². The fourth-order valence-corrected chi connectivity index (χ4v) is 3.08. The first kappa shape index (κ1) is 23.6. The molecular formula is C19H34IN5O2. The molecule has 1 atom stereocenters. The lowest BCUT2D eigenvalue weighted by Crippen LogP contribution is -2.45. The first-order valence-electron chi connectivity index (χ1n) is 9.15. The van der Waals surface area contributed by atoms with Gasteiger partial charge in [0.1, 0.15) is 11.5 Å². The molecule has 0 saturated carbocycles. The zero-order valence-corrected chi connectivity index (χ0v) is 19.4. The molecule has 0 bridgehead atoms. The number of nitrogens with zero attached hydrogens (tertiary/aromatic N) is 3. The number of rotatable bonds is 8. The van der Waals surface area contributed by atoms with E-state index in [0.717, 1.165) is 62.2 Å². The van der Waals surface area contributed by atoms with Crippen molar-refractivity contribution in [1.82, 2.24) is 15.5 Å². The molecule has 2 rings (SSSR count). The summed E-state index contributed by atoms with van der Waals surface area (Å²) in [5.41, 5.74) is 1.12. The predicted molar refractivity (Wildman–Crippen MR) is 123 cm³/mol. The van der Waals surface area contributed by atoms with Gasteiger partial charge in [0.15, 0.2) is 5.96 Å². The Morgan fingerprint density at radius 3 is 2.44 bits per heavy atom. The summed E-state index contributed by atoms with van der Waals surface area (Å²) in [6.45, 7) is 3.90. The van der Waals surface area contributed by atoms with E-state index in [9.17, 15) is 0 Å². The number of halogens is 1. The van der Waals surface area contributed by atoms with Crippen LogP contribution in [0.2, 0.25) is 0 Å². The van der Waals surface area contributed by atoms with E-state index in [1.165, 1.54) is 0 Å². The maximum absolute atomic E-state index is 5.38. The van der Waals surface area contributed by atoms with Gasteiger partial charge in [-0.25, -0.2) is 0 Å². The van der Waals surface area contributed by atoms with Crippen molar-refractivity contribution in [2.24, 2.45) is 4.99 Å². The van der Waals surface area contributed by atoms with Gasteiger partial charge >= 0.3 is 0 Å². The highest BCUT2D eigenvalue weighted by Gasteiger charge is 2.24. The number of hydrogen-bond acceptors (Lipinski definition) is 5. The lowest BCUT2D eigenvalue weighted by molar-refractivity contribution is 0.394. The molecule has 1 aromatic carbocycles.